The van der Waals surface area contributed by atoms with Gasteiger partial charge >= 0.3 is 6.03 Å². The van der Waals surface area contributed by atoms with Crippen molar-refractivity contribution in [1.82, 2.24) is 10.6 Å². The highest BCUT2D eigenvalue weighted by Crippen LogP contribution is 2.29. The molecule has 1 aliphatic heterocycles. The van der Waals surface area contributed by atoms with Crippen molar-refractivity contribution in [2.24, 2.45) is 0 Å². The fourth-order valence-corrected chi connectivity index (χ4v) is 2.30. The van der Waals surface area contributed by atoms with Gasteiger partial charge in [0.15, 0.2) is 0 Å². The predicted molar refractivity (Wildman–Crippen MR) is 69.2 cm³/mol. The molecule has 0 unspecified atom stereocenters. The molecule has 0 bridgehead atoms. The van der Waals surface area contributed by atoms with Crippen molar-refractivity contribution in [2.45, 2.75) is 38.6 Å². The van der Waals surface area contributed by atoms with E-state index in [2.05, 4.69) is 24.5 Å². The average molecular weight is 246 g/mol. The van der Waals surface area contributed by atoms with Crippen LogP contribution in [0.4, 0.5) is 4.79 Å². The first-order valence-electron chi connectivity index (χ1n) is 6.23. The number of urea groups is 1. The van der Waals surface area contributed by atoms with Gasteiger partial charge in [-0.15, -0.1) is 0 Å². The normalized spacial score (nSPS) is 23.1. The van der Waals surface area contributed by atoms with E-state index in [1.165, 1.54) is 5.56 Å². The van der Waals surface area contributed by atoms with Gasteiger partial charge in [-0.1, -0.05) is 45.0 Å². The topological polar surface area (TPSA) is 58.2 Å². The lowest BCUT2D eigenvalue weighted by Crippen LogP contribution is -2.43. The smallest absolute Gasteiger partial charge is 0.319 e. The molecule has 1 aliphatic rings. The van der Waals surface area contributed by atoms with Gasteiger partial charge in [-0.25, -0.2) is 4.79 Å². The molecule has 4 heteroatoms. The van der Waals surface area contributed by atoms with E-state index in [1.54, 1.807) is 0 Å². The molecule has 1 fully saturated rings. The number of carbonyl (C=O) groups excluding carboxylic acids is 2. The molecule has 0 saturated carbocycles. The van der Waals surface area contributed by atoms with E-state index in [0.717, 1.165) is 5.56 Å². The van der Waals surface area contributed by atoms with E-state index in [1.807, 2.05) is 31.2 Å². The lowest BCUT2D eigenvalue weighted by Gasteiger charge is -2.25. The molecular weight excluding hydrogens is 228 g/mol. The molecule has 0 aliphatic carbocycles. The highest BCUT2D eigenvalue weighted by atomic mass is 16.2. The van der Waals surface area contributed by atoms with Crippen molar-refractivity contribution in [1.29, 1.82) is 0 Å². The van der Waals surface area contributed by atoms with Crippen LogP contribution < -0.4 is 10.6 Å². The van der Waals surface area contributed by atoms with Gasteiger partial charge in [-0.05, 0) is 23.5 Å². The van der Waals surface area contributed by atoms with Crippen molar-refractivity contribution in [3.63, 3.8) is 0 Å². The fourth-order valence-electron chi connectivity index (χ4n) is 2.30. The summed E-state index contributed by atoms with van der Waals surface area (Å²) in [4.78, 5) is 23.3. The molecule has 1 aromatic rings. The zero-order valence-electron chi connectivity index (χ0n) is 10.9. The van der Waals surface area contributed by atoms with Crippen LogP contribution in [0.15, 0.2) is 24.3 Å². The standard InChI is InChI=1S/C14H18N2O2/c1-4-14(12(17)15-13(18)16-14)11-7-5-10(6-8-11)9(2)3/h5-9H,4H2,1-3H3,(H2,15,16,17,18)/t14-/m1/s1. The Bertz CT molecular complexity index is 479. The van der Waals surface area contributed by atoms with Gasteiger partial charge in [-0.2, -0.15) is 0 Å². The molecular formula is C14H18N2O2. The first kappa shape index (κ1) is 12.6. The maximum absolute atomic E-state index is 12.0. The molecule has 0 aromatic heterocycles. The Balaban J connectivity index is 2.39. The first-order valence-corrected chi connectivity index (χ1v) is 6.23. The summed E-state index contributed by atoms with van der Waals surface area (Å²) < 4.78 is 0. The van der Waals surface area contributed by atoms with Gasteiger partial charge in [0.2, 0.25) is 0 Å². The fraction of sp³-hybridized carbons (Fsp3) is 0.429. The number of amides is 3. The Morgan fingerprint density at radius 3 is 2.17 bits per heavy atom. The van der Waals surface area contributed by atoms with Crippen LogP contribution in [0.1, 0.15) is 44.2 Å². The third kappa shape index (κ3) is 1.88. The summed E-state index contributed by atoms with van der Waals surface area (Å²) in [6.45, 7) is 6.13. The van der Waals surface area contributed by atoms with Crippen molar-refractivity contribution >= 4 is 11.9 Å². The van der Waals surface area contributed by atoms with Crippen LogP contribution in [0.5, 0.6) is 0 Å². The van der Waals surface area contributed by atoms with Crippen molar-refractivity contribution in [3.05, 3.63) is 35.4 Å². The van der Waals surface area contributed by atoms with E-state index in [4.69, 9.17) is 0 Å². The van der Waals surface area contributed by atoms with Gasteiger partial charge in [0.1, 0.15) is 5.54 Å². The number of hydrogen-bond acceptors (Lipinski definition) is 2. The quantitative estimate of drug-likeness (QED) is 0.804. The Kier molecular flexibility index (Phi) is 3.11. The van der Waals surface area contributed by atoms with Crippen LogP contribution in [0, 0.1) is 0 Å². The van der Waals surface area contributed by atoms with E-state index in [9.17, 15) is 9.59 Å². The second-order valence-corrected chi connectivity index (χ2v) is 4.94. The van der Waals surface area contributed by atoms with Crippen molar-refractivity contribution in [3.8, 4) is 0 Å². The number of nitrogens with one attached hydrogen (secondary N) is 2. The summed E-state index contributed by atoms with van der Waals surface area (Å²) in [7, 11) is 0. The number of hydrogen-bond donors (Lipinski definition) is 2. The second kappa shape index (κ2) is 4.44. The van der Waals surface area contributed by atoms with Crippen LogP contribution in [0.2, 0.25) is 0 Å². The van der Waals surface area contributed by atoms with Crippen LogP contribution in [0.25, 0.3) is 0 Å². The summed E-state index contributed by atoms with van der Waals surface area (Å²) in [5, 5.41) is 5.04. The minimum Gasteiger partial charge on any atom is -0.319 e. The molecule has 2 rings (SSSR count). The minimum atomic E-state index is -0.910. The molecule has 4 nitrogen and oxygen atoms in total. The minimum absolute atomic E-state index is 0.271. The molecule has 1 saturated heterocycles. The van der Waals surface area contributed by atoms with Crippen LogP contribution >= 0.6 is 0 Å². The van der Waals surface area contributed by atoms with Crippen molar-refractivity contribution < 1.29 is 9.59 Å². The summed E-state index contributed by atoms with van der Waals surface area (Å²) in [5.41, 5.74) is 1.14. The van der Waals surface area contributed by atoms with Gasteiger partial charge in [-0.3, -0.25) is 10.1 Å². The number of imide groups is 1. The third-order valence-electron chi connectivity index (χ3n) is 3.54. The summed E-state index contributed by atoms with van der Waals surface area (Å²) in [6.07, 6.45) is 0.533. The van der Waals surface area contributed by atoms with E-state index in [-0.39, 0.29) is 5.91 Å². The lowest BCUT2D eigenvalue weighted by molar-refractivity contribution is -0.124. The Morgan fingerprint density at radius 2 is 1.78 bits per heavy atom. The van der Waals surface area contributed by atoms with Gasteiger partial charge in [0.25, 0.3) is 5.91 Å². The Hall–Kier alpha value is -1.84. The van der Waals surface area contributed by atoms with Gasteiger partial charge < -0.3 is 5.32 Å². The van der Waals surface area contributed by atoms with E-state index < -0.39 is 11.6 Å². The summed E-state index contributed by atoms with van der Waals surface area (Å²) >= 11 is 0. The maximum atomic E-state index is 12.0. The van der Waals surface area contributed by atoms with Gasteiger partial charge in [0, 0.05) is 0 Å². The zero-order chi connectivity index (χ0) is 13.3. The summed E-state index contributed by atoms with van der Waals surface area (Å²) in [5.74, 6) is 0.177. The highest BCUT2D eigenvalue weighted by Gasteiger charge is 2.46. The largest absolute Gasteiger partial charge is 0.322 e. The molecule has 18 heavy (non-hydrogen) atoms. The number of carbonyl (C=O) groups is 2. The third-order valence-corrected chi connectivity index (χ3v) is 3.54. The van der Waals surface area contributed by atoms with Crippen LogP contribution in [-0.4, -0.2) is 11.9 Å². The molecule has 2 N–H and O–H groups in total. The zero-order valence-corrected chi connectivity index (χ0v) is 10.9. The second-order valence-electron chi connectivity index (χ2n) is 4.94. The Morgan fingerprint density at radius 1 is 1.17 bits per heavy atom. The van der Waals surface area contributed by atoms with Gasteiger partial charge in [0.05, 0.1) is 0 Å². The average Bonchev–Trinajstić information content (AvgIpc) is 2.65. The monoisotopic (exact) mass is 246 g/mol. The summed E-state index contributed by atoms with van der Waals surface area (Å²) in [6, 6.07) is 7.44. The lowest BCUT2D eigenvalue weighted by atomic mass is 9.86. The first-order chi connectivity index (χ1) is 8.49. The molecule has 96 valence electrons. The molecule has 1 atom stereocenters. The van der Waals surface area contributed by atoms with Crippen LogP contribution in [-0.2, 0) is 10.3 Å². The Labute approximate surface area is 107 Å². The maximum Gasteiger partial charge on any atom is 0.322 e. The van der Waals surface area contributed by atoms with Crippen LogP contribution in [0.3, 0.4) is 0 Å². The molecule has 1 heterocycles. The number of benzene rings is 1. The molecule has 0 radical (unpaired) electrons. The molecule has 3 amide bonds. The SMILES string of the molecule is CC[C@]1(c2ccc(C(C)C)cc2)NC(=O)NC1=O. The molecule has 1 aromatic carbocycles. The highest BCUT2D eigenvalue weighted by molar-refractivity contribution is 6.07. The van der Waals surface area contributed by atoms with E-state index >= 15 is 0 Å². The van der Waals surface area contributed by atoms with Crippen molar-refractivity contribution in [2.75, 3.05) is 0 Å². The number of rotatable bonds is 3. The van der Waals surface area contributed by atoms with E-state index in [0.29, 0.717) is 12.3 Å². The molecule has 0 spiro atoms. The predicted octanol–water partition coefficient (Wildman–Crippen LogP) is 2.25.